The number of nitrogens with zero attached hydrogens (tertiary/aromatic N) is 5. The van der Waals surface area contributed by atoms with Crippen LogP contribution in [0.3, 0.4) is 0 Å². The van der Waals surface area contributed by atoms with Crippen molar-refractivity contribution in [3.05, 3.63) is 60.9 Å². The summed E-state index contributed by atoms with van der Waals surface area (Å²) in [4.78, 5) is 18.6. The predicted octanol–water partition coefficient (Wildman–Crippen LogP) is 2.66. The van der Waals surface area contributed by atoms with Gasteiger partial charge in [0.05, 0.1) is 5.92 Å². The molecule has 1 atom stereocenters. The lowest BCUT2D eigenvalue weighted by molar-refractivity contribution is -0.120. The second kappa shape index (κ2) is 7.53. The highest BCUT2D eigenvalue weighted by Gasteiger charge is 2.27. The number of rotatable bonds is 4. The molecule has 1 amide bonds. The summed E-state index contributed by atoms with van der Waals surface area (Å²) in [6.07, 6.45) is 6.82. The Morgan fingerprint density at radius 2 is 2.04 bits per heavy atom. The number of carbonyl (C=O) groups is 1. The average Bonchev–Trinajstić information content (AvgIpc) is 3.23. The van der Waals surface area contributed by atoms with Gasteiger partial charge in [0, 0.05) is 31.2 Å². The number of hydrogen-bond acceptors (Lipinski definition) is 5. The lowest BCUT2D eigenvalue weighted by atomic mass is 9.97. The van der Waals surface area contributed by atoms with Crippen LogP contribution < -0.4 is 10.2 Å². The Labute approximate surface area is 155 Å². The van der Waals surface area contributed by atoms with Gasteiger partial charge in [-0.2, -0.15) is 0 Å². The van der Waals surface area contributed by atoms with Crippen molar-refractivity contribution in [2.75, 3.05) is 23.3 Å². The molecule has 1 aliphatic heterocycles. The topological polar surface area (TPSA) is 75.9 Å². The molecule has 138 valence electrons. The van der Waals surface area contributed by atoms with E-state index in [9.17, 15) is 9.18 Å². The highest BCUT2D eigenvalue weighted by molar-refractivity contribution is 5.93. The van der Waals surface area contributed by atoms with Crippen LogP contribution in [0, 0.1) is 11.7 Å². The van der Waals surface area contributed by atoms with Gasteiger partial charge in [-0.05, 0) is 43.2 Å². The van der Waals surface area contributed by atoms with E-state index < -0.39 is 0 Å². The second-order valence-corrected chi connectivity index (χ2v) is 6.50. The first-order chi connectivity index (χ1) is 13.2. The van der Waals surface area contributed by atoms with E-state index in [0.29, 0.717) is 18.1 Å². The minimum Gasteiger partial charge on any atom is -0.354 e. The van der Waals surface area contributed by atoms with E-state index in [2.05, 4.69) is 25.4 Å². The van der Waals surface area contributed by atoms with E-state index in [0.717, 1.165) is 25.2 Å². The number of hydrogen-bond donors (Lipinski definition) is 1. The smallest absolute Gasteiger partial charge is 0.229 e. The molecule has 4 rings (SSSR count). The fourth-order valence-corrected chi connectivity index (χ4v) is 3.23. The summed E-state index contributed by atoms with van der Waals surface area (Å²) < 4.78 is 15.1. The van der Waals surface area contributed by atoms with Crippen LogP contribution in [-0.2, 0) is 4.79 Å². The van der Waals surface area contributed by atoms with Gasteiger partial charge >= 0.3 is 0 Å². The number of carbonyl (C=O) groups excluding carboxylic acids is 1. The minimum atomic E-state index is -0.369. The van der Waals surface area contributed by atoms with E-state index in [-0.39, 0.29) is 17.6 Å². The van der Waals surface area contributed by atoms with Crippen LogP contribution in [0.5, 0.6) is 0 Å². The molecule has 1 aliphatic rings. The number of halogens is 1. The standard InChI is InChI=1S/C19H19FN6O/c20-15-4-1-5-16(11-15)22-19(27)14-3-2-9-25(12-14)17-6-7-18(24-23-17)26-10-8-21-13-26/h1,4-8,10-11,13-14H,2-3,9,12H2,(H,22,27)/t14-/m0/s1. The Hall–Kier alpha value is -3.29. The third-order valence-electron chi connectivity index (χ3n) is 4.61. The van der Waals surface area contributed by atoms with Crippen molar-refractivity contribution < 1.29 is 9.18 Å². The molecular formula is C19H19FN6O. The van der Waals surface area contributed by atoms with E-state index in [1.54, 1.807) is 35.4 Å². The van der Waals surface area contributed by atoms with Crippen LogP contribution in [0.1, 0.15) is 12.8 Å². The van der Waals surface area contributed by atoms with Gasteiger partial charge in [0.25, 0.3) is 0 Å². The number of benzene rings is 1. The molecule has 0 unspecified atom stereocenters. The van der Waals surface area contributed by atoms with Crippen molar-refractivity contribution in [2.24, 2.45) is 5.92 Å². The van der Waals surface area contributed by atoms with Crippen molar-refractivity contribution in [3.63, 3.8) is 0 Å². The Morgan fingerprint density at radius 3 is 2.78 bits per heavy atom. The predicted molar refractivity (Wildman–Crippen MR) is 99.1 cm³/mol. The van der Waals surface area contributed by atoms with Crippen LogP contribution in [0.2, 0.25) is 0 Å². The van der Waals surface area contributed by atoms with Crippen molar-refractivity contribution >= 4 is 17.4 Å². The van der Waals surface area contributed by atoms with Gasteiger partial charge < -0.3 is 10.2 Å². The minimum absolute atomic E-state index is 0.103. The Morgan fingerprint density at radius 1 is 1.19 bits per heavy atom. The Bertz CT molecular complexity index is 912. The van der Waals surface area contributed by atoms with Gasteiger partial charge in [-0.1, -0.05) is 6.07 Å². The first-order valence-corrected chi connectivity index (χ1v) is 8.82. The number of nitrogens with one attached hydrogen (secondary N) is 1. The number of amides is 1. The molecule has 3 aromatic rings. The number of anilines is 2. The molecule has 7 nitrogen and oxygen atoms in total. The maximum absolute atomic E-state index is 13.3. The van der Waals surface area contributed by atoms with Crippen molar-refractivity contribution in [1.29, 1.82) is 0 Å². The van der Waals surface area contributed by atoms with Crippen molar-refractivity contribution in [2.45, 2.75) is 12.8 Å². The molecule has 0 radical (unpaired) electrons. The molecule has 1 fully saturated rings. The molecule has 0 bridgehead atoms. The highest BCUT2D eigenvalue weighted by Crippen LogP contribution is 2.23. The molecule has 0 saturated carbocycles. The molecule has 3 heterocycles. The summed E-state index contributed by atoms with van der Waals surface area (Å²) in [5.74, 6) is 0.771. The maximum Gasteiger partial charge on any atom is 0.229 e. The zero-order valence-electron chi connectivity index (χ0n) is 14.6. The first kappa shape index (κ1) is 17.1. The molecule has 2 aromatic heterocycles. The van der Waals surface area contributed by atoms with Gasteiger partial charge in [-0.15, -0.1) is 10.2 Å². The molecule has 1 saturated heterocycles. The molecule has 0 spiro atoms. The van der Waals surface area contributed by atoms with Gasteiger partial charge in [-0.25, -0.2) is 9.37 Å². The van der Waals surface area contributed by atoms with E-state index in [1.165, 1.54) is 12.1 Å². The monoisotopic (exact) mass is 366 g/mol. The Kier molecular flexibility index (Phi) is 4.78. The van der Waals surface area contributed by atoms with Gasteiger partial charge in [0.2, 0.25) is 5.91 Å². The van der Waals surface area contributed by atoms with E-state index >= 15 is 0 Å². The fourth-order valence-electron chi connectivity index (χ4n) is 3.23. The molecule has 0 aliphatic carbocycles. The van der Waals surface area contributed by atoms with Gasteiger partial charge in [-0.3, -0.25) is 9.36 Å². The Balaban J connectivity index is 1.42. The van der Waals surface area contributed by atoms with E-state index in [1.807, 2.05) is 12.1 Å². The summed E-state index contributed by atoms with van der Waals surface area (Å²) in [5.41, 5.74) is 0.474. The summed E-state index contributed by atoms with van der Waals surface area (Å²) in [7, 11) is 0. The van der Waals surface area contributed by atoms with Crippen LogP contribution >= 0.6 is 0 Å². The molecule has 27 heavy (non-hydrogen) atoms. The van der Waals surface area contributed by atoms with Gasteiger partial charge in [0.15, 0.2) is 11.6 Å². The number of piperidine rings is 1. The fraction of sp³-hybridized carbons (Fsp3) is 0.263. The quantitative estimate of drug-likeness (QED) is 0.768. The van der Waals surface area contributed by atoms with Crippen LogP contribution in [0.25, 0.3) is 5.82 Å². The average molecular weight is 366 g/mol. The second-order valence-electron chi connectivity index (χ2n) is 6.50. The lowest BCUT2D eigenvalue weighted by Crippen LogP contribution is -2.41. The number of imidazole rings is 1. The summed E-state index contributed by atoms with van der Waals surface area (Å²) in [6, 6.07) is 9.70. The highest BCUT2D eigenvalue weighted by atomic mass is 19.1. The third-order valence-corrected chi connectivity index (χ3v) is 4.61. The van der Waals surface area contributed by atoms with Crippen LogP contribution in [-0.4, -0.2) is 38.7 Å². The largest absolute Gasteiger partial charge is 0.354 e. The maximum atomic E-state index is 13.3. The summed E-state index contributed by atoms with van der Waals surface area (Å²) in [5, 5.41) is 11.3. The first-order valence-electron chi connectivity index (χ1n) is 8.82. The molecule has 8 heteroatoms. The molecular weight excluding hydrogens is 347 g/mol. The SMILES string of the molecule is O=C(Nc1cccc(F)c1)[C@H]1CCCN(c2ccc(-n3ccnc3)nn2)C1. The lowest BCUT2D eigenvalue weighted by Gasteiger charge is -2.32. The van der Waals surface area contributed by atoms with Crippen molar-refractivity contribution in [3.8, 4) is 5.82 Å². The van der Waals surface area contributed by atoms with Gasteiger partial charge in [0.1, 0.15) is 12.1 Å². The molecule has 1 aromatic carbocycles. The zero-order valence-corrected chi connectivity index (χ0v) is 14.6. The third kappa shape index (κ3) is 3.94. The number of aromatic nitrogens is 4. The van der Waals surface area contributed by atoms with Crippen LogP contribution in [0.4, 0.5) is 15.9 Å². The summed E-state index contributed by atoms with van der Waals surface area (Å²) in [6.45, 7) is 1.38. The zero-order chi connectivity index (χ0) is 18.6. The molecule has 1 N–H and O–H groups in total. The van der Waals surface area contributed by atoms with E-state index in [4.69, 9.17) is 0 Å². The normalized spacial score (nSPS) is 16.9. The van der Waals surface area contributed by atoms with Crippen molar-refractivity contribution in [1.82, 2.24) is 19.7 Å². The summed E-state index contributed by atoms with van der Waals surface area (Å²) >= 11 is 0. The van der Waals surface area contributed by atoms with Crippen LogP contribution in [0.15, 0.2) is 55.1 Å².